The number of carbonyl (C=O) groups is 3. The van der Waals surface area contributed by atoms with Crippen molar-refractivity contribution in [2.75, 3.05) is 26.2 Å². The number of quaternary nitrogens is 1. The lowest BCUT2D eigenvalue weighted by Crippen LogP contribution is -2.51. The lowest BCUT2D eigenvalue weighted by molar-refractivity contribution is -0.929. The van der Waals surface area contributed by atoms with Crippen LogP contribution in [0.15, 0.2) is 12.2 Å². The molecule has 0 aliphatic carbocycles. The van der Waals surface area contributed by atoms with Crippen molar-refractivity contribution >= 4 is 17.9 Å². The minimum Gasteiger partial charge on any atom is -0.550 e. The average molecular weight is 596 g/mol. The number of nitrogens with zero attached hydrogens (tertiary/aromatic N) is 1. The maximum absolute atomic E-state index is 11.1. The van der Waals surface area contributed by atoms with Gasteiger partial charge in [-0.3, -0.25) is 9.59 Å². The zero-order valence-electron chi connectivity index (χ0n) is 27.1. The molecule has 0 heterocycles. The molecule has 2 N–H and O–H groups in total. The summed E-state index contributed by atoms with van der Waals surface area (Å²) in [5, 5.41) is 29.2. The molecule has 0 saturated carbocycles. The van der Waals surface area contributed by atoms with Crippen LogP contribution < -0.4 is 5.11 Å². The summed E-state index contributed by atoms with van der Waals surface area (Å²) in [5.74, 6) is -2.74. The Balaban J connectivity index is 4.00. The Labute approximate surface area is 257 Å². The fourth-order valence-corrected chi connectivity index (χ4v) is 6.01. The Bertz CT molecular complexity index is 643. The molecule has 0 unspecified atom stereocenters. The molecule has 0 radical (unpaired) electrons. The molecule has 0 rings (SSSR count). The molecule has 7 nitrogen and oxygen atoms in total. The quantitative estimate of drug-likeness (QED) is 0.0451. The van der Waals surface area contributed by atoms with Crippen molar-refractivity contribution in [3.63, 3.8) is 0 Å². The van der Waals surface area contributed by atoms with Gasteiger partial charge in [-0.25, -0.2) is 0 Å². The molecule has 0 atom stereocenters. The summed E-state index contributed by atoms with van der Waals surface area (Å²) in [6.45, 7) is 4.97. The van der Waals surface area contributed by atoms with Crippen LogP contribution in [0.1, 0.15) is 167 Å². The SMILES string of the molecule is CC/C=C/CCCCCCCCCCCCCCCCCCC[N+](CCCC(=O)[O-])(CCCC(=O)O)CCCC(=O)O. The third kappa shape index (κ3) is 28.2. The van der Waals surface area contributed by atoms with Gasteiger partial charge in [0, 0.05) is 25.2 Å². The Morgan fingerprint density at radius 3 is 1.19 bits per heavy atom. The number of hydrogen-bond acceptors (Lipinski definition) is 4. The molecule has 246 valence electrons. The Morgan fingerprint density at radius 2 is 0.833 bits per heavy atom. The van der Waals surface area contributed by atoms with Gasteiger partial charge in [-0.05, 0) is 38.5 Å². The van der Waals surface area contributed by atoms with Crippen molar-refractivity contribution in [1.82, 2.24) is 0 Å². The van der Waals surface area contributed by atoms with E-state index < -0.39 is 17.9 Å². The van der Waals surface area contributed by atoms with Crippen LogP contribution in [-0.2, 0) is 14.4 Å². The molecule has 0 saturated heterocycles. The number of unbranched alkanes of at least 4 members (excludes halogenated alkanes) is 17. The largest absolute Gasteiger partial charge is 0.550 e. The Hall–Kier alpha value is -1.89. The second-order valence-corrected chi connectivity index (χ2v) is 12.4. The van der Waals surface area contributed by atoms with E-state index in [0.29, 0.717) is 43.4 Å². The fourth-order valence-electron chi connectivity index (χ4n) is 6.01. The van der Waals surface area contributed by atoms with Crippen molar-refractivity contribution in [2.24, 2.45) is 0 Å². The van der Waals surface area contributed by atoms with Crippen molar-refractivity contribution in [3.8, 4) is 0 Å². The molecule has 7 heteroatoms. The number of hydrogen-bond donors (Lipinski definition) is 2. The highest BCUT2D eigenvalue weighted by atomic mass is 16.4. The van der Waals surface area contributed by atoms with Gasteiger partial charge < -0.3 is 24.6 Å². The first kappa shape index (κ1) is 40.1. The van der Waals surface area contributed by atoms with Crippen molar-refractivity contribution in [3.05, 3.63) is 12.2 Å². The van der Waals surface area contributed by atoms with E-state index in [2.05, 4.69) is 19.1 Å². The molecule has 0 aliphatic rings. The summed E-state index contributed by atoms with van der Waals surface area (Å²) < 4.78 is 0.616. The van der Waals surface area contributed by atoms with Crippen LogP contribution in [-0.4, -0.2) is 58.8 Å². The summed E-state index contributed by atoms with van der Waals surface area (Å²) in [7, 11) is 0. The normalized spacial score (nSPS) is 11.8. The lowest BCUT2D eigenvalue weighted by Gasteiger charge is -2.39. The van der Waals surface area contributed by atoms with Gasteiger partial charge in [0.2, 0.25) is 0 Å². The van der Waals surface area contributed by atoms with E-state index in [0.717, 1.165) is 25.8 Å². The molecule has 0 bridgehead atoms. The predicted octanol–water partition coefficient (Wildman–Crippen LogP) is 8.05. The minimum atomic E-state index is -1.07. The first-order valence-corrected chi connectivity index (χ1v) is 17.4. The van der Waals surface area contributed by atoms with Crippen LogP contribution in [0.5, 0.6) is 0 Å². The zero-order valence-corrected chi connectivity index (χ0v) is 27.1. The van der Waals surface area contributed by atoms with Crippen LogP contribution in [0, 0.1) is 0 Å². The van der Waals surface area contributed by atoms with Crippen LogP contribution in [0.25, 0.3) is 0 Å². The van der Waals surface area contributed by atoms with Gasteiger partial charge in [-0.15, -0.1) is 0 Å². The van der Waals surface area contributed by atoms with Crippen molar-refractivity contribution in [1.29, 1.82) is 0 Å². The van der Waals surface area contributed by atoms with Crippen molar-refractivity contribution in [2.45, 2.75) is 167 Å². The summed E-state index contributed by atoms with van der Waals surface area (Å²) in [6.07, 6.45) is 30.9. The van der Waals surface area contributed by atoms with E-state index in [4.69, 9.17) is 10.2 Å². The van der Waals surface area contributed by atoms with E-state index in [1.807, 2.05) is 0 Å². The molecular weight excluding hydrogens is 530 g/mol. The summed E-state index contributed by atoms with van der Waals surface area (Å²) in [5.41, 5.74) is 0. The second kappa shape index (κ2) is 29.2. The first-order valence-electron chi connectivity index (χ1n) is 17.4. The first-order chi connectivity index (χ1) is 20.3. The Morgan fingerprint density at radius 1 is 0.500 bits per heavy atom. The third-order valence-corrected chi connectivity index (χ3v) is 8.47. The number of carboxylic acid groups (broad SMARTS) is 3. The average Bonchev–Trinajstić information content (AvgIpc) is 2.93. The monoisotopic (exact) mass is 595 g/mol. The maximum Gasteiger partial charge on any atom is 0.303 e. The standard InChI is InChI=1S/C35H65NO6/c1-2-3-4-5-6-7-8-9-10-11-12-13-14-15-16-17-18-19-20-21-22-29-36(30-23-26-33(37)38,31-24-27-34(39)40)32-25-28-35(41)42/h3-4H,2,5-32H2,1H3,(H2-,37,38,39,40,41,42)/b4-3+. The fraction of sp³-hybridized carbons (Fsp3) is 0.857. The zero-order chi connectivity index (χ0) is 31.2. The van der Waals surface area contributed by atoms with Crippen LogP contribution in [0.2, 0.25) is 0 Å². The van der Waals surface area contributed by atoms with Gasteiger partial charge in [0.05, 0.1) is 39.0 Å². The number of carbonyl (C=O) groups excluding carboxylic acids is 1. The minimum absolute atomic E-state index is 0.0184. The van der Waals surface area contributed by atoms with Gasteiger partial charge in [0.1, 0.15) is 0 Å². The highest BCUT2D eigenvalue weighted by Crippen LogP contribution is 2.19. The molecule has 0 fully saturated rings. The second-order valence-electron chi connectivity index (χ2n) is 12.4. The van der Waals surface area contributed by atoms with Crippen LogP contribution in [0.3, 0.4) is 0 Å². The van der Waals surface area contributed by atoms with Gasteiger partial charge in [-0.2, -0.15) is 0 Å². The molecule has 0 aromatic carbocycles. The number of rotatable bonds is 33. The molecule has 0 amide bonds. The van der Waals surface area contributed by atoms with E-state index in [1.165, 1.54) is 103 Å². The summed E-state index contributed by atoms with van der Waals surface area (Å²) >= 11 is 0. The summed E-state index contributed by atoms with van der Waals surface area (Å²) in [6, 6.07) is 0. The van der Waals surface area contributed by atoms with E-state index in [9.17, 15) is 19.5 Å². The van der Waals surface area contributed by atoms with Crippen molar-refractivity contribution < 1.29 is 34.2 Å². The van der Waals surface area contributed by atoms with E-state index >= 15 is 0 Å². The van der Waals surface area contributed by atoms with E-state index in [1.54, 1.807) is 0 Å². The van der Waals surface area contributed by atoms with E-state index in [-0.39, 0.29) is 19.3 Å². The predicted molar refractivity (Wildman–Crippen MR) is 170 cm³/mol. The number of aliphatic carboxylic acids is 3. The maximum atomic E-state index is 11.1. The number of allylic oxidation sites excluding steroid dienone is 2. The molecule has 0 aliphatic heterocycles. The highest BCUT2D eigenvalue weighted by molar-refractivity contribution is 5.66. The van der Waals surface area contributed by atoms with Gasteiger partial charge in [0.25, 0.3) is 0 Å². The summed E-state index contributed by atoms with van der Waals surface area (Å²) in [4.78, 5) is 33.1. The smallest absolute Gasteiger partial charge is 0.303 e. The molecule has 0 spiro atoms. The molecule has 42 heavy (non-hydrogen) atoms. The topological polar surface area (TPSA) is 115 Å². The third-order valence-electron chi connectivity index (χ3n) is 8.47. The van der Waals surface area contributed by atoms with Gasteiger partial charge in [0.15, 0.2) is 0 Å². The molecule has 0 aromatic heterocycles. The lowest BCUT2D eigenvalue weighted by atomic mass is 10.0. The van der Waals surface area contributed by atoms with Crippen LogP contribution in [0.4, 0.5) is 0 Å². The molecule has 0 aromatic rings. The van der Waals surface area contributed by atoms with Gasteiger partial charge in [-0.1, -0.05) is 109 Å². The number of carboxylic acids is 3. The highest BCUT2D eigenvalue weighted by Gasteiger charge is 2.26. The van der Waals surface area contributed by atoms with Crippen LogP contribution >= 0.6 is 0 Å². The van der Waals surface area contributed by atoms with Gasteiger partial charge >= 0.3 is 11.9 Å². The molecular formula is C35H65NO6. The Kier molecular flexibility index (Phi) is 27.9.